The first-order valence-electron chi connectivity index (χ1n) is 5.16. The van der Waals surface area contributed by atoms with E-state index in [-0.39, 0.29) is 5.56 Å². The predicted octanol–water partition coefficient (Wildman–Crippen LogP) is 1.20. The Morgan fingerprint density at radius 2 is 2.20 bits per heavy atom. The van der Waals surface area contributed by atoms with Crippen molar-refractivity contribution < 1.29 is 0 Å². The van der Waals surface area contributed by atoms with Crippen molar-refractivity contribution in [2.75, 3.05) is 25.4 Å². The molecule has 1 N–H and O–H groups in total. The van der Waals surface area contributed by atoms with Crippen molar-refractivity contribution in [1.29, 1.82) is 0 Å². The molecule has 15 heavy (non-hydrogen) atoms. The number of hydrogen-bond acceptors (Lipinski definition) is 4. The summed E-state index contributed by atoms with van der Waals surface area (Å²) in [5.74, 6) is 0.953. The molecule has 84 valence electrons. The molecule has 0 aromatic carbocycles. The van der Waals surface area contributed by atoms with Crippen LogP contribution in [0.3, 0.4) is 0 Å². The molecule has 5 heteroatoms. The highest BCUT2D eigenvalue weighted by Crippen LogP contribution is 2.09. The summed E-state index contributed by atoms with van der Waals surface area (Å²) in [4.78, 5) is 20.1. The van der Waals surface area contributed by atoms with Gasteiger partial charge >= 0.3 is 0 Å². The maximum Gasteiger partial charge on any atom is 0.251 e. The highest BCUT2D eigenvalue weighted by molar-refractivity contribution is 7.99. The van der Waals surface area contributed by atoms with Crippen molar-refractivity contribution in [3.8, 4) is 0 Å². The van der Waals surface area contributed by atoms with Gasteiger partial charge in [-0.15, -0.1) is 0 Å². The molecular weight excluding hydrogens is 210 g/mol. The number of nitrogens with one attached hydrogen (secondary N) is 1. The Morgan fingerprint density at radius 3 is 2.80 bits per heavy atom. The summed E-state index contributed by atoms with van der Waals surface area (Å²) in [5, 5.41) is 0.703. The molecule has 0 atom stereocenters. The monoisotopic (exact) mass is 227 g/mol. The lowest BCUT2D eigenvalue weighted by Crippen LogP contribution is -2.25. The molecule has 1 aromatic heterocycles. The third kappa shape index (κ3) is 4.48. The third-order valence-corrected chi connectivity index (χ3v) is 3.06. The molecule has 4 nitrogen and oxygen atoms in total. The summed E-state index contributed by atoms with van der Waals surface area (Å²) in [6.45, 7) is 7.45. The van der Waals surface area contributed by atoms with Gasteiger partial charge < -0.3 is 9.88 Å². The third-order valence-electron chi connectivity index (χ3n) is 2.19. The standard InChI is InChI=1S/C10H17N3OS/c1-3-13(4-2)7-8-15-10-11-6-5-9(14)12-10/h5-6H,3-4,7-8H2,1-2H3,(H,11,12,14). The second-order valence-electron chi connectivity index (χ2n) is 3.11. The van der Waals surface area contributed by atoms with Crippen molar-refractivity contribution in [1.82, 2.24) is 14.9 Å². The van der Waals surface area contributed by atoms with Gasteiger partial charge in [0.1, 0.15) is 0 Å². The first kappa shape index (κ1) is 12.3. The lowest BCUT2D eigenvalue weighted by atomic mass is 10.5. The Hall–Kier alpha value is -0.810. The van der Waals surface area contributed by atoms with Crippen LogP contribution in [0.25, 0.3) is 0 Å². The maximum atomic E-state index is 11.0. The summed E-state index contributed by atoms with van der Waals surface area (Å²) in [5.41, 5.74) is -0.0876. The fourth-order valence-corrected chi connectivity index (χ4v) is 2.09. The molecule has 0 aliphatic heterocycles. The van der Waals surface area contributed by atoms with E-state index in [0.29, 0.717) is 5.16 Å². The quantitative estimate of drug-likeness (QED) is 0.586. The van der Waals surface area contributed by atoms with Gasteiger partial charge in [0.15, 0.2) is 5.16 Å². The summed E-state index contributed by atoms with van der Waals surface area (Å²) in [7, 11) is 0. The number of H-pyrrole nitrogens is 1. The zero-order valence-electron chi connectivity index (χ0n) is 9.19. The van der Waals surface area contributed by atoms with Crippen LogP contribution >= 0.6 is 11.8 Å². The Bertz CT molecular complexity index is 335. The molecule has 0 unspecified atom stereocenters. The Balaban J connectivity index is 2.34. The number of thioether (sulfide) groups is 1. The molecule has 0 fully saturated rings. The average molecular weight is 227 g/mol. The van der Waals surface area contributed by atoms with Crippen LogP contribution in [0.4, 0.5) is 0 Å². The zero-order chi connectivity index (χ0) is 11.1. The lowest BCUT2D eigenvalue weighted by molar-refractivity contribution is 0.324. The minimum Gasteiger partial charge on any atom is -0.303 e. The van der Waals surface area contributed by atoms with Crippen molar-refractivity contribution in [2.45, 2.75) is 19.0 Å². The molecular formula is C10H17N3OS. The minimum absolute atomic E-state index is 0.0876. The van der Waals surface area contributed by atoms with Gasteiger partial charge in [0.25, 0.3) is 5.56 Å². The molecule has 0 bridgehead atoms. The molecule has 0 radical (unpaired) electrons. The Morgan fingerprint density at radius 1 is 1.47 bits per heavy atom. The van der Waals surface area contributed by atoms with E-state index < -0.39 is 0 Å². The first-order valence-corrected chi connectivity index (χ1v) is 6.15. The molecule has 0 saturated carbocycles. The van der Waals surface area contributed by atoms with E-state index in [9.17, 15) is 4.79 Å². The van der Waals surface area contributed by atoms with Crippen LogP contribution in [0.5, 0.6) is 0 Å². The van der Waals surface area contributed by atoms with E-state index in [0.717, 1.165) is 25.4 Å². The van der Waals surface area contributed by atoms with E-state index in [1.54, 1.807) is 18.0 Å². The van der Waals surface area contributed by atoms with Crippen LogP contribution in [0.15, 0.2) is 22.2 Å². The smallest absolute Gasteiger partial charge is 0.251 e. The maximum absolute atomic E-state index is 11.0. The van der Waals surface area contributed by atoms with E-state index in [4.69, 9.17) is 0 Å². The summed E-state index contributed by atoms with van der Waals surface area (Å²) < 4.78 is 0. The second-order valence-corrected chi connectivity index (χ2v) is 4.20. The summed E-state index contributed by atoms with van der Waals surface area (Å²) >= 11 is 1.59. The van der Waals surface area contributed by atoms with Gasteiger partial charge in [0.05, 0.1) is 0 Å². The first-order chi connectivity index (χ1) is 7.26. The highest BCUT2D eigenvalue weighted by atomic mass is 32.2. The summed E-state index contributed by atoms with van der Waals surface area (Å²) in [6.07, 6.45) is 1.54. The highest BCUT2D eigenvalue weighted by Gasteiger charge is 2.00. The van der Waals surface area contributed by atoms with Gasteiger partial charge in [-0.1, -0.05) is 25.6 Å². The van der Waals surface area contributed by atoms with Gasteiger partial charge in [-0.3, -0.25) is 4.79 Å². The lowest BCUT2D eigenvalue weighted by Gasteiger charge is -2.16. The zero-order valence-corrected chi connectivity index (χ0v) is 10.0. The van der Waals surface area contributed by atoms with Gasteiger partial charge in [-0.05, 0) is 13.1 Å². The number of hydrogen-bond donors (Lipinski definition) is 1. The van der Waals surface area contributed by atoms with Crippen molar-refractivity contribution >= 4 is 11.8 Å². The van der Waals surface area contributed by atoms with Crippen LogP contribution in [-0.2, 0) is 0 Å². The average Bonchev–Trinajstić information content (AvgIpc) is 2.25. The van der Waals surface area contributed by atoms with Crippen LogP contribution in [-0.4, -0.2) is 40.3 Å². The molecule has 0 saturated heterocycles. The predicted molar refractivity (Wildman–Crippen MR) is 63.4 cm³/mol. The van der Waals surface area contributed by atoms with Gasteiger partial charge in [-0.25, -0.2) is 4.98 Å². The van der Waals surface area contributed by atoms with Crippen LogP contribution in [0, 0.1) is 0 Å². The SMILES string of the molecule is CCN(CC)CCSc1nccc(=O)[nH]1. The molecule has 0 aliphatic rings. The normalized spacial score (nSPS) is 10.9. The molecule has 1 heterocycles. The largest absolute Gasteiger partial charge is 0.303 e. The topological polar surface area (TPSA) is 49.0 Å². The molecule has 0 aliphatic carbocycles. The van der Waals surface area contributed by atoms with Gasteiger partial charge in [0, 0.05) is 24.6 Å². The van der Waals surface area contributed by atoms with Gasteiger partial charge in [-0.2, -0.15) is 0 Å². The molecule has 1 rings (SSSR count). The summed E-state index contributed by atoms with van der Waals surface area (Å²) in [6, 6.07) is 1.43. The van der Waals surface area contributed by atoms with Crippen LogP contribution in [0.1, 0.15) is 13.8 Å². The van der Waals surface area contributed by atoms with Crippen LogP contribution < -0.4 is 5.56 Å². The van der Waals surface area contributed by atoms with Crippen molar-refractivity contribution in [2.24, 2.45) is 0 Å². The van der Waals surface area contributed by atoms with Crippen LogP contribution in [0.2, 0.25) is 0 Å². The van der Waals surface area contributed by atoms with E-state index in [1.165, 1.54) is 6.07 Å². The van der Waals surface area contributed by atoms with Crippen molar-refractivity contribution in [3.05, 3.63) is 22.6 Å². The van der Waals surface area contributed by atoms with E-state index >= 15 is 0 Å². The molecule has 0 spiro atoms. The molecule has 0 amide bonds. The van der Waals surface area contributed by atoms with E-state index in [2.05, 4.69) is 28.7 Å². The second kappa shape index (κ2) is 6.63. The van der Waals surface area contributed by atoms with E-state index in [1.807, 2.05) is 0 Å². The number of aromatic nitrogens is 2. The van der Waals surface area contributed by atoms with Crippen molar-refractivity contribution in [3.63, 3.8) is 0 Å². The molecule has 1 aromatic rings. The Kier molecular flexibility index (Phi) is 5.42. The fraction of sp³-hybridized carbons (Fsp3) is 0.600. The van der Waals surface area contributed by atoms with Gasteiger partial charge in [0.2, 0.25) is 0 Å². The minimum atomic E-state index is -0.0876. The number of aromatic amines is 1. The number of rotatable bonds is 6. The Labute approximate surface area is 94.1 Å². The number of nitrogens with zero attached hydrogens (tertiary/aromatic N) is 2. The fourth-order valence-electron chi connectivity index (χ4n) is 1.24.